The Morgan fingerprint density at radius 1 is 1.21 bits per heavy atom. The molecule has 0 aromatic carbocycles. The van der Waals surface area contributed by atoms with Crippen LogP contribution in [0.4, 0.5) is 0 Å². The molecule has 1 heterocycles. The molecule has 1 rings (SSSR count). The van der Waals surface area contributed by atoms with Crippen LogP contribution in [0.2, 0.25) is 0 Å². The van der Waals surface area contributed by atoms with Gasteiger partial charge in [-0.2, -0.15) is 0 Å². The molecular weight excluding hydrogens is 240 g/mol. The molecule has 114 valence electrons. The zero-order chi connectivity index (χ0) is 13.9. The minimum atomic E-state index is 0.472. The number of hydrogen-bond donors (Lipinski definition) is 1. The molecule has 0 aromatic rings. The van der Waals surface area contributed by atoms with E-state index in [1.807, 2.05) is 0 Å². The molecule has 4 nitrogen and oxygen atoms in total. The van der Waals surface area contributed by atoms with Gasteiger partial charge in [0.05, 0.1) is 13.2 Å². The number of nitrogens with one attached hydrogen (secondary N) is 1. The summed E-state index contributed by atoms with van der Waals surface area (Å²) in [4.78, 5) is 2.48. The lowest BCUT2D eigenvalue weighted by molar-refractivity contribution is 0.0733. The molecule has 2 atom stereocenters. The molecule has 0 bridgehead atoms. The van der Waals surface area contributed by atoms with Crippen molar-refractivity contribution in [1.82, 2.24) is 10.2 Å². The summed E-state index contributed by atoms with van der Waals surface area (Å²) in [7, 11) is 3.54. The predicted octanol–water partition coefficient (Wildman–Crippen LogP) is 1.89. The van der Waals surface area contributed by atoms with Crippen molar-refractivity contribution in [2.75, 3.05) is 47.1 Å². The first-order valence-corrected chi connectivity index (χ1v) is 7.73. The summed E-state index contributed by atoms with van der Waals surface area (Å²) in [5, 5.41) is 3.62. The van der Waals surface area contributed by atoms with E-state index in [2.05, 4.69) is 17.1 Å². The third kappa shape index (κ3) is 7.25. The molecule has 0 aromatic heterocycles. The number of ether oxygens (including phenoxy) is 2. The first-order valence-electron chi connectivity index (χ1n) is 7.73. The Labute approximate surface area is 118 Å². The van der Waals surface area contributed by atoms with Crippen molar-refractivity contribution in [2.24, 2.45) is 0 Å². The van der Waals surface area contributed by atoms with Gasteiger partial charge in [0, 0.05) is 32.8 Å². The van der Waals surface area contributed by atoms with E-state index in [1.54, 1.807) is 14.2 Å². The van der Waals surface area contributed by atoms with Crippen LogP contribution in [0.25, 0.3) is 0 Å². The van der Waals surface area contributed by atoms with E-state index >= 15 is 0 Å². The number of piperidine rings is 1. The Morgan fingerprint density at radius 2 is 2.05 bits per heavy atom. The highest BCUT2D eigenvalue weighted by molar-refractivity contribution is 4.74. The van der Waals surface area contributed by atoms with Crippen molar-refractivity contribution < 1.29 is 9.47 Å². The van der Waals surface area contributed by atoms with Gasteiger partial charge in [-0.1, -0.05) is 6.42 Å². The van der Waals surface area contributed by atoms with Crippen LogP contribution in [0.15, 0.2) is 0 Å². The normalized spacial score (nSPS) is 21.8. The number of hydrogen-bond acceptors (Lipinski definition) is 4. The SMILES string of the molecule is COCCN(CCCC1CCCCN1)C(C)COC. The molecule has 0 spiro atoms. The standard InChI is InChI=1S/C15H32N2O2/c1-14(13-19-3)17(11-12-18-2)10-6-8-15-7-4-5-9-16-15/h14-16H,4-13H2,1-3H3. The Morgan fingerprint density at radius 3 is 2.68 bits per heavy atom. The lowest BCUT2D eigenvalue weighted by atomic mass is 10.0. The van der Waals surface area contributed by atoms with E-state index in [4.69, 9.17) is 9.47 Å². The van der Waals surface area contributed by atoms with Crippen LogP contribution in [0.3, 0.4) is 0 Å². The largest absolute Gasteiger partial charge is 0.383 e. The van der Waals surface area contributed by atoms with Gasteiger partial charge in [-0.25, -0.2) is 0 Å². The van der Waals surface area contributed by atoms with Gasteiger partial charge in [0.2, 0.25) is 0 Å². The molecule has 1 saturated heterocycles. The smallest absolute Gasteiger partial charge is 0.0615 e. The first kappa shape index (κ1) is 16.9. The monoisotopic (exact) mass is 272 g/mol. The predicted molar refractivity (Wildman–Crippen MR) is 79.7 cm³/mol. The molecule has 4 heteroatoms. The van der Waals surface area contributed by atoms with Crippen LogP contribution in [-0.2, 0) is 9.47 Å². The fourth-order valence-electron chi connectivity index (χ4n) is 2.82. The molecule has 0 aliphatic carbocycles. The second kappa shape index (κ2) is 10.6. The van der Waals surface area contributed by atoms with Gasteiger partial charge in [-0.15, -0.1) is 0 Å². The van der Waals surface area contributed by atoms with Crippen molar-refractivity contribution in [2.45, 2.75) is 51.1 Å². The van der Waals surface area contributed by atoms with Crippen LogP contribution < -0.4 is 5.32 Å². The number of nitrogens with zero attached hydrogens (tertiary/aromatic N) is 1. The fourth-order valence-corrected chi connectivity index (χ4v) is 2.82. The van der Waals surface area contributed by atoms with E-state index < -0.39 is 0 Å². The Bertz CT molecular complexity index is 208. The van der Waals surface area contributed by atoms with Crippen LogP contribution in [-0.4, -0.2) is 64.1 Å². The van der Waals surface area contributed by atoms with Crippen LogP contribution >= 0.6 is 0 Å². The Balaban J connectivity index is 2.22. The molecule has 0 radical (unpaired) electrons. The lowest BCUT2D eigenvalue weighted by Gasteiger charge is -2.30. The third-order valence-corrected chi connectivity index (χ3v) is 4.02. The second-order valence-corrected chi connectivity index (χ2v) is 5.62. The van der Waals surface area contributed by atoms with Crippen LogP contribution in [0.1, 0.15) is 39.0 Å². The molecule has 0 amide bonds. The van der Waals surface area contributed by atoms with Gasteiger partial charge in [0.15, 0.2) is 0 Å². The van der Waals surface area contributed by atoms with Gasteiger partial charge in [-0.3, -0.25) is 4.90 Å². The number of methoxy groups -OCH3 is 2. The van der Waals surface area contributed by atoms with Crippen molar-refractivity contribution in [3.8, 4) is 0 Å². The molecule has 1 aliphatic rings. The highest BCUT2D eigenvalue weighted by Crippen LogP contribution is 2.12. The van der Waals surface area contributed by atoms with Gasteiger partial charge >= 0.3 is 0 Å². The quantitative estimate of drug-likeness (QED) is 0.658. The average molecular weight is 272 g/mol. The molecule has 1 N–H and O–H groups in total. The Kier molecular flexibility index (Phi) is 9.43. The highest BCUT2D eigenvalue weighted by atomic mass is 16.5. The van der Waals surface area contributed by atoms with Crippen LogP contribution in [0.5, 0.6) is 0 Å². The Hall–Kier alpha value is -0.160. The summed E-state index contributed by atoms with van der Waals surface area (Å²) in [6.07, 6.45) is 6.65. The average Bonchev–Trinajstić information content (AvgIpc) is 2.44. The van der Waals surface area contributed by atoms with Crippen molar-refractivity contribution in [3.05, 3.63) is 0 Å². The minimum Gasteiger partial charge on any atom is -0.383 e. The maximum Gasteiger partial charge on any atom is 0.0615 e. The molecule has 1 aliphatic heterocycles. The fraction of sp³-hybridized carbons (Fsp3) is 1.00. The third-order valence-electron chi connectivity index (χ3n) is 4.02. The summed E-state index contributed by atoms with van der Waals surface area (Å²) < 4.78 is 10.5. The number of rotatable bonds is 10. The van der Waals surface area contributed by atoms with Gasteiger partial charge in [-0.05, 0) is 45.7 Å². The summed E-state index contributed by atoms with van der Waals surface area (Å²) >= 11 is 0. The summed E-state index contributed by atoms with van der Waals surface area (Å²) in [5.74, 6) is 0. The summed E-state index contributed by atoms with van der Waals surface area (Å²) in [5.41, 5.74) is 0. The van der Waals surface area contributed by atoms with E-state index in [-0.39, 0.29) is 0 Å². The van der Waals surface area contributed by atoms with E-state index in [0.717, 1.165) is 32.3 Å². The van der Waals surface area contributed by atoms with Gasteiger partial charge in [0.1, 0.15) is 0 Å². The summed E-state index contributed by atoms with van der Waals surface area (Å²) in [6, 6.07) is 1.22. The summed E-state index contributed by atoms with van der Waals surface area (Å²) in [6.45, 7) is 7.18. The minimum absolute atomic E-state index is 0.472. The maximum absolute atomic E-state index is 5.27. The lowest BCUT2D eigenvalue weighted by Crippen LogP contribution is -2.40. The molecular formula is C15H32N2O2. The van der Waals surface area contributed by atoms with Crippen molar-refractivity contribution in [1.29, 1.82) is 0 Å². The zero-order valence-electron chi connectivity index (χ0n) is 13.0. The van der Waals surface area contributed by atoms with Gasteiger partial charge < -0.3 is 14.8 Å². The van der Waals surface area contributed by atoms with Crippen molar-refractivity contribution in [3.63, 3.8) is 0 Å². The van der Waals surface area contributed by atoms with Crippen molar-refractivity contribution >= 4 is 0 Å². The van der Waals surface area contributed by atoms with Gasteiger partial charge in [0.25, 0.3) is 0 Å². The zero-order valence-corrected chi connectivity index (χ0v) is 13.0. The molecule has 0 saturated carbocycles. The van der Waals surface area contributed by atoms with E-state index in [1.165, 1.54) is 38.6 Å². The molecule has 2 unspecified atom stereocenters. The first-order chi connectivity index (χ1) is 9.27. The van der Waals surface area contributed by atoms with Crippen LogP contribution in [0, 0.1) is 0 Å². The maximum atomic E-state index is 5.27. The molecule has 1 fully saturated rings. The van der Waals surface area contributed by atoms with E-state index in [0.29, 0.717) is 6.04 Å². The molecule has 19 heavy (non-hydrogen) atoms. The second-order valence-electron chi connectivity index (χ2n) is 5.62. The van der Waals surface area contributed by atoms with E-state index in [9.17, 15) is 0 Å². The highest BCUT2D eigenvalue weighted by Gasteiger charge is 2.15. The topological polar surface area (TPSA) is 33.7 Å².